The Labute approximate surface area is 134 Å². The van der Waals surface area contributed by atoms with Crippen molar-refractivity contribution in [3.05, 3.63) is 48.3 Å². The van der Waals surface area contributed by atoms with Crippen LogP contribution in [0.5, 0.6) is 0 Å². The van der Waals surface area contributed by atoms with Crippen molar-refractivity contribution >= 4 is 23.5 Å². The van der Waals surface area contributed by atoms with Crippen LogP contribution in [0.4, 0.5) is 5.82 Å². The second kappa shape index (κ2) is 6.79. The molecule has 1 atom stereocenters. The predicted molar refractivity (Wildman–Crippen MR) is 88.3 cm³/mol. The van der Waals surface area contributed by atoms with Crippen molar-refractivity contribution in [2.45, 2.75) is 17.5 Å². The molecule has 0 spiro atoms. The number of carbonyl (C=O) groups is 1. The van der Waals surface area contributed by atoms with E-state index in [2.05, 4.69) is 20.2 Å². The van der Waals surface area contributed by atoms with Crippen LogP contribution in [0.2, 0.25) is 0 Å². The minimum Gasteiger partial charge on any atom is -0.354 e. The molecular weight excluding hydrogens is 296 g/mol. The Morgan fingerprint density at radius 3 is 2.91 bits per heavy atom. The van der Waals surface area contributed by atoms with E-state index in [9.17, 15) is 4.79 Å². The van der Waals surface area contributed by atoms with E-state index in [1.54, 1.807) is 18.5 Å². The number of rotatable bonds is 4. The lowest BCUT2D eigenvalue weighted by Gasteiger charge is -2.18. The van der Waals surface area contributed by atoms with Crippen molar-refractivity contribution in [2.75, 3.05) is 24.2 Å². The summed E-state index contributed by atoms with van der Waals surface area (Å²) in [6.07, 6.45) is 6.36. The molecule has 1 unspecified atom stereocenters. The minimum atomic E-state index is -0.0506. The molecule has 1 aliphatic rings. The van der Waals surface area contributed by atoms with Gasteiger partial charge in [-0.1, -0.05) is 6.07 Å². The maximum Gasteiger partial charge on any atom is 0.254 e. The third-order valence-corrected chi connectivity index (χ3v) is 4.42. The highest BCUT2D eigenvalue weighted by Gasteiger charge is 2.25. The van der Waals surface area contributed by atoms with Crippen LogP contribution in [0.3, 0.4) is 0 Å². The lowest BCUT2D eigenvalue weighted by Crippen LogP contribution is -2.37. The van der Waals surface area contributed by atoms with E-state index in [0.717, 1.165) is 30.4 Å². The van der Waals surface area contributed by atoms with E-state index in [4.69, 9.17) is 0 Å². The molecule has 2 aromatic heterocycles. The average Bonchev–Trinajstić information content (AvgIpc) is 3.04. The fraction of sp³-hybridized carbons (Fsp3) is 0.312. The first-order valence-corrected chi connectivity index (χ1v) is 8.46. The predicted octanol–water partition coefficient (Wildman–Crippen LogP) is 2.21. The second-order valence-corrected chi connectivity index (χ2v) is 5.95. The molecule has 114 valence electrons. The Kier molecular flexibility index (Phi) is 4.58. The van der Waals surface area contributed by atoms with Gasteiger partial charge in [0.2, 0.25) is 0 Å². The summed E-state index contributed by atoms with van der Waals surface area (Å²) in [5.74, 6) is 0.913. The van der Waals surface area contributed by atoms with Crippen molar-refractivity contribution < 1.29 is 4.79 Å². The summed E-state index contributed by atoms with van der Waals surface area (Å²) in [7, 11) is 0. The molecule has 1 aliphatic heterocycles. The van der Waals surface area contributed by atoms with E-state index in [1.165, 1.54) is 11.8 Å². The van der Waals surface area contributed by atoms with Gasteiger partial charge in [0.15, 0.2) is 0 Å². The number of carbonyl (C=O) groups excluding carboxylic acids is 1. The number of aromatic nitrogens is 2. The maximum absolute atomic E-state index is 12.4. The van der Waals surface area contributed by atoms with Gasteiger partial charge in [0.25, 0.3) is 5.91 Å². The number of amides is 1. The second-order valence-electron chi connectivity index (χ2n) is 5.15. The zero-order valence-corrected chi connectivity index (χ0v) is 13.2. The molecule has 6 heteroatoms. The highest BCUT2D eigenvalue weighted by molar-refractivity contribution is 7.98. The van der Waals surface area contributed by atoms with E-state index in [0.29, 0.717) is 5.56 Å². The van der Waals surface area contributed by atoms with Crippen molar-refractivity contribution in [1.29, 1.82) is 0 Å². The van der Waals surface area contributed by atoms with Gasteiger partial charge < -0.3 is 10.2 Å². The number of pyridine rings is 2. The zero-order valence-electron chi connectivity index (χ0n) is 12.4. The van der Waals surface area contributed by atoms with Crippen LogP contribution in [0.15, 0.2) is 47.8 Å². The van der Waals surface area contributed by atoms with Crippen LogP contribution >= 0.6 is 11.8 Å². The first kappa shape index (κ1) is 14.8. The molecule has 3 heterocycles. The van der Waals surface area contributed by atoms with Crippen molar-refractivity contribution in [3.63, 3.8) is 0 Å². The molecule has 1 amide bonds. The molecule has 0 radical (unpaired) electrons. The fourth-order valence-electron chi connectivity index (χ4n) is 2.62. The smallest absolute Gasteiger partial charge is 0.254 e. The topological polar surface area (TPSA) is 58.1 Å². The molecule has 2 aromatic rings. The molecule has 3 rings (SSSR count). The highest BCUT2D eigenvalue weighted by Crippen LogP contribution is 2.20. The molecule has 0 bridgehead atoms. The number of nitrogens with zero attached hydrogens (tertiary/aromatic N) is 3. The summed E-state index contributed by atoms with van der Waals surface area (Å²) >= 11 is 1.49. The molecule has 0 saturated carbocycles. The molecule has 0 aromatic carbocycles. The van der Waals surface area contributed by atoms with Gasteiger partial charge in [0.05, 0.1) is 5.56 Å². The summed E-state index contributed by atoms with van der Waals surface area (Å²) in [4.78, 5) is 23.2. The summed E-state index contributed by atoms with van der Waals surface area (Å²) < 4.78 is 0. The average molecular weight is 314 g/mol. The monoisotopic (exact) mass is 314 g/mol. The Hall–Kier alpha value is -2.08. The number of anilines is 1. The summed E-state index contributed by atoms with van der Waals surface area (Å²) in [6.45, 7) is 1.70. The van der Waals surface area contributed by atoms with E-state index >= 15 is 0 Å². The van der Waals surface area contributed by atoms with Crippen LogP contribution in [0, 0.1) is 0 Å². The van der Waals surface area contributed by atoms with Gasteiger partial charge in [-0.05, 0) is 36.9 Å². The molecular formula is C16H18N4OS. The number of nitrogens with one attached hydrogen (secondary N) is 1. The van der Waals surface area contributed by atoms with Crippen LogP contribution in [0.25, 0.3) is 0 Å². The number of thioether (sulfide) groups is 1. The Morgan fingerprint density at radius 2 is 2.14 bits per heavy atom. The quantitative estimate of drug-likeness (QED) is 0.877. The van der Waals surface area contributed by atoms with Crippen molar-refractivity contribution in [1.82, 2.24) is 15.3 Å². The third-order valence-electron chi connectivity index (χ3n) is 3.71. The Morgan fingerprint density at radius 1 is 1.27 bits per heavy atom. The van der Waals surface area contributed by atoms with Gasteiger partial charge in [0.1, 0.15) is 10.8 Å². The third kappa shape index (κ3) is 3.22. The minimum absolute atomic E-state index is 0.0506. The number of hydrogen-bond donors (Lipinski definition) is 1. The van der Waals surface area contributed by atoms with Gasteiger partial charge in [-0.25, -0.2) is 9.97 Å². The first-order chi connectivity index (χ1) is 10.8. The standard InChI is InChI=1S/C16H18N4OS/c1-22-16-13(5-4-9-18-16)15(21)19-12-7-10-20(11-12)14-6-2-3-8-17-14/h2-6,8-9,12H,7,10-11H2,1H3,(H,19,21). The SMILES string of the molecule is CSc1ncccc1C(=O)NC1CCN(c2ccccn2)C1. The van der Waals surface area contributed by atoms with Crippen LogP contribution in [-0.4, -0.2) is 41.3 Å². The first-order valence-electron chi connectivity index (χ1n) is 7.24. The van der Waals surface area contributed by atoms with Gasteiger partial charge in [-0.15, -0.1) is 11.8 Å². The largest absolute Gasteiger partial charge is 0.354 e. The summed E-state index contributed by atoms with van der Waals surface area (Å²) in [6, 6.07) is 9.64. The van der Waals surface area contributed by atoms with Gasteiger partial charge in [0, 0.05) is 31.5 Å². The molecule has 1 fully saturated rings. The zero-order chi connectivity index (χ0) is 15.4. The van der Waals surface area contributed by atoms with E-state index in [-0.39, 0.29) is 11.9 Å². The summed E-state index contributed by atoms with van der Waals surface area (Å²) in [5.41, 5.74) is 0.645. The van der Waals surface area contributed by atoms with Crippen LogP contribution in [-0.2, 0) is 0 Å². The lowest BCUT2D eigenvalue weighted by atomic mass is 10.2. The molecule has 5 nitrogen and oxygen atoms in total. The van der Waals surface area contributed by atoms with Crippen LogP contribution in [0.1, 0.15) is 16.8 Å². The number of hydrogen-bond acceptors (Lipinski definition) is 5. The van der Waals surface area contributed by atoms with Crippen molar-refractivity contribution in [3.8, 4) is 0 Å². The Bertz CT molecular complexity index is 650. The Balaban J connectivity index is 1.64. The molecule has 22 heavy (non-hydrogen) atoms. The molecule has 1 N–H and O–H groups in total. The maximum atomic E-state index is 12.4. The summed E-state index contributed by atoms with van der Waals surface area (Å²) in [5, 5.41) is 3.87. The van der Waals surface area contributed by atoms with Crippen molar-refractivity contribution in [2.24, 2.45) is 0 Å². The fourth-order valence-corrected chi connectivity index (χ4v) is 3.16. The molecule has 1 saturated heterocycles. The lowest BCUT2D eigenvalue weighted by molar-refractivity contribution is 0.0936. The van der Waals surface area contributed by atoms with Gasteiger partial charge in [-0.3, -0.25) is 4.79 Å². The van der Waals surface area contributed by atoms with Gasteiger partial charge in [-0.2, -0.15) is 0 Å². The van der Waals surface area contributed by atoms with E-state index < -0.39 is 0 Å². The normalized spacial score (nSPS) is 17.5. The van der Waals surface area contributed by atoms with Gasteiger partial charge >= 0.3 is 0 Å². The highest BCUT2D eigenvalue weighted by atomic mass is 32.2. The van der Waals surface area contributed by atoms with E-state index in [1.807, 2.05) is 30.5 Å². The van der Waals surface area contributed by atoms with Crippen LogP contribution < -0.4 is 10.2 Å². The molecule has 0 aliphatic carbocycles.